The van der Waals surface area contributed by atoms with Gasteiger partial charge in [0.25, 0.3) is 0 Å². The van der Waals surface area contributed by atoms with Crippen molar-refractivity contribution in [2.45, 2.75) is 25.7 Å². The van der Waals surface area contributed by atoms with Crippen LogP contribution in [0.4, 0.5) is 0 Å². The van der Waals surface area contributed by atoms with Gasteiger partial charge >= 0.3 is 0 Å². The van der Waals surface area contributed by atoms with Gasteiger partial charge < -0.3 is 16.4 Å². The first-order chi connectivity index (χ1) is 7.91. The maximum Gasteiger partial charge on any atom is 0.0269 e. The minimum atomic E-state index is 0.587. The predicted molar refractivity (Wildman–Crippen MR) is 67.3 cm³/mol. The molecule has 0 aliphatic carbocycles. The van der Waals surface area contributed by atoms with Gasteiger partial charge in [-0.2, -0.15) is 0 Å². The largest absolute Gasteiger partial charge is 0.330 e. The second-order valence-electron chi connectivity index (χ2n) is 3.66. The zero-order chi connectivity index (χ0) is 11.9. The normalized spacial score (nSPS) is 10.1. The van der Waals surface area contributed by atoms with E-state index in [4.69, 9.17) is 11.3 Å². The Morgan fingerprint density at radius 1 is 0.938 bits per heavy atom. The lowest BCUT2D eigenvalue weighted by atomic mass is 10.3. The van der Waals surface area contributed by atoms with Crippen molar-refractivity contribution in [2.24, 2.45) is 10.8 Å². The Kier molecular flexibility index (Phi) is 13.5. The average molecular weight is 228 g/mol. The molecule has 6 nitrogen and oxygen atoms in total. The lowest BCUT2D eigenvalue weighted by Gasteiger charge is -2.04. The van der Waals surface area contributed by atoms with Gasteiger partial charge in [0.05, 0.1) is 0 Å². The van der Waals surface area contributed by atoms with E-state index < -0.39 is 0 Å². The van der Waals surface area contributed by atoms with Crippen molar-refractivity contribution in [2.75, 3.05) is 39.3 Å². The van der Waals surface area contributed by atoms with Crippen LogP contribution in [-0.4, -0.2) is 39.3 Å². The summed E-state index contributed by atoms with van der Waals surface area (Å²) in [6.45, 7) is 5.41. The zero-order valence-electron chi connectivity index (χ0n) is 9.99. The molecule has 0 aliphatic rings. The third kappa shape index (κ3) is 13.2. The quantitative estimate of drug-likeness (QED) is 0.201. The lowest BCUT2D eigenvalue weighted by molar-refractivity contribution is 0.570. The monoisotopic (exact) mass is 228 g/mol. The third-order valence-electron chi connectivity index (χ3n) is 2.19. The molecule has 0 aromatic heterocycles. The number of rotatable bonds is 12. The standard InChI is InChI=1S/C10H24N6/c11-5-3-8-13-6-1-2-7-14-9-4-10-15-16-12/h13-14H,1-11H2. The van der Waals surface area contributed by atoms with Gasteiger partial charge in [-0.05, 0) is 63.9 Å². The molecule has 6 heteroatoms. The molecular formula is C10H24N6. The summed E-state index contributed by atoms with van der Waals surface area (Å²) < 4.78 is 0. The summed E-state index contributed by atoms with van der Waals surface area (Å²) >= 11 is 0. The Labute approximate surface area is 97.6 Å². The highest BCUT2D eigenvalue weighted by Gasteiger charge is 1.90. The highest BCUT2D eigenvalue weighted by Crippen LogP contribution is 1.86. The van der Waals surface area contributed by atoms with E-state index in [0.29, 0.717) is 6.54 Å². The maximum atomic E-state index is 8.05. The smallest absolute Gasteiger partial charge is 0.0269 e. The average Bonchev–Trinajstić information content (AvgIpc) is 2.31. The molecule has 0 saturated carbocycles. The predicted octanol–water partition coefficient (Wildman–Crippen LogP) is 0.995. The first-order valence-corrected chi connectivity index (χ1v) is 6.04. The molecule has 94 valence electrons. The van der Waals surface area contributed by atoms with Gasteiger partial charge in [0.2, 0.25) is 0 Å². The second kappa shape index (κ2) is 14.2. The van der Waals surface area contributed by atoms with Gasteiger partial charge in [-0.3, -0.25) is 0 Å². The molecule has 0 fully saturated rings. The minimum Gasteiger partial charge on any atom is -0.330 e. The molecule has 16 heavy (non-hydrogen) atoms. The van der Waals surface area contributed by atoms with E-state index in [1.165, 1.54) is 12.8 Å². The summed E-state index contributed by atoms with van der Waals surface area (Å²) in [5.41, 5.74) is 13.4. The minimum absolute atomic E-state index is 0.587. The van der Waals surface area contributed by atoms with Crippen molar-refractivity contribution in [3.8, 4) is 0 Å². The summed E-state index contributed by atoms with van der Waals surface area (Å²) in [7, 11) is 0. The topological polar surface area (TPSA) is 98.8 Å². The van der Waals surface area contributed by atoms with Crippen LogP contribution in [0, 0.1) is 0 Å². The van der Waals surface area contributed by atoms with E-state index >= 15 is 0 Å². The summed E-state index contributed by atoms with van der Waals surface area (Å²) in [5.74, 6) is 0. The maximum absolute atomic E-state index is 8.05. The zero-order valence-corrected chi connectivity index (χ0v) is 9.99. The van der Waals surface area contributed by atoms with Gasteiger partial charge in [-0.1, -0.05) is 5.11 Å². The van der Waals surface area contributed by atoms with Crippen LogP contribution in [0.5, 0.6) is 0 Å². The summed E-state index contributed by atoms with van der Waals surface area (Å²) in [5, 5.41) is 10.1. The Balaban J connectivity index is 2.90. The Bertz CT molecular complexity index is 178. The van der Waals surface area contributed by atoms with E-state index in [-0.39, 0.29) is 0 Å². The molecule has 0 heterocycles. The molecule has 0 rings (SSSR count). The molecule has 0 unspecified atom stereocenters. The molecule has 0 spiro atoms. The van der Waals surface area contributed by atoms with Gasteiger partial charge in [0.1, 0.15) is 0 Å². The van der Waals surface area contributed by atoms with Crippen LogP contribution < -0.4 is 16.4 Å². The number of azide groups is 1. The molecular weight excluding hydrogens is 204 g/mol. The van der Waals surface area contributed by atoms with E-state index in [2.05, 4.69) is 20.7 Å². The number of hydrogen-bond acceptors (Lipinski definition) is 4. The highest BCUT2D eigenvalue weighted by atomic mass is 15.1. The third-order valence-corrected chi connectivity index (χ3v) is 2.19. The van der Waals surface area contributed by atoms with Crippen molar-refractivity contribution < 1.29 is 0 Å². The van der Waals surface area contributed by atoms with Gasteiger partial charge in [0, 0.05) is 11.5 Å². The molecule has 0 radical (unpaired) electrons. The fourth-order valence-electron chi connectivity index (χ4n) is 1.30. The van der Waals surface area contributed by atoms with Gasteiger partial charge in [-0.25, -0.2) is 0 Å². The van der Waals surface area contributed by atoms with Crippen LogP contribution >= 0.6 is 0 Å². The van der Waals surface area contributed by atoms with Crippen molar-refractivity contribution in [3.05, 3.63) is 10.4 Å². The molecule has 0 aliphatic heterocycles. The number of nitrogens with zero attached hydrogens (tertiary/aromatic N) is 3. The van der Waals surface area contributed by atoms with Crippen LogP contribution in [-0.2, 0) is 0 Å². The number of nitrogens with two attached hydrogens (primary N) is 1. The molecule has 0 saturated heterocycles. The first kappa shape index (κ1) is 15.2. The lowest BCUT2D eigenvalue weighted by Crippen LogP contribution is -2.21. The van der Waals surface area contributed by atoms with Crippen molar-refractivity contribution in [1.82, 2.24) is 10.6 Å². The number of nitrogens with one attached hydrogen (secondary N) is 2. The summed E-state index contributed by atoms with van der Waals surface area (Å²) in [6.07, 6.45) is 4.33. The first-order valence-electron chi connectivity index (χ1n) is 6.04. The van der Waals surface area contributed by atoms with E-state index in [9.17, 15) is 0 Å². The van der Waals surface area contributed by atoms with E-state index in [1.54, 1.807) is 0 Å². The van der Waals surface area contributed by atoms with E-state index in [0.717, 1.165) is 45.6 Å². The van der Waals surface area contributed by atoms with Crippen molar-refractivity contribution >= 4 is 0 Å². The molecule has 0 aromatic rings. The van der Waals surface area contributed by atoms with Crippen LogP contribution in [0.3, 0.4) is 0 Å². The van der Waals surface area contributed by atoms with Crippen LogP contribution in [0.2, 0.25) is 0 Å². The Morgan fingerprint density at radius 3 is 2.06 bits per heavy atom. The molecule has 0 aromatic carbocycles. The number of unbranched alkanes of at least 4 members (excludes halogenated alkanes) is 1. The number of hydrogen-bond donors (Lipinski definition) is 3. The van der Waals surface area contributed by atoms with Crippen LogP contribution in [0.1, 0.15) is 25.7 Å². The molecule has 4 N–H and O–H groups in total. The molecule has 0 bridgehead atoms. The Morgan fingerprint density at radius 2 is 1.50 bits per heavy atom. The van der Waals surface area contributed by atoms with Gasteiger partial charge in [0.15, 0.2) is 0 Å². The molecule has 0 amide bonds. The van der Waals surface area contributed by atoms with E-state index in [1.807, 2.05) is 0 Å². The Hall–Kier alpha value is -0.810. The van der Waals surface area contributed by atoms with Crippen LogP contribution in [0.15, 0.2) is 5.11 Å². The SMILES string of the molecule is [N-]=[N+]=NCCCNCCCCNCCCN. The fraction of sp³-hybridized carbons (Fsp3) is 1.00. The fourth-order valence-corrected chi connectivity index (χ4v) is 1.30. The summed E-state index contributed by atoms with van der Waals surface area (Å²) in [6, 6.07) is 0. The molecule has 0 atom stereocenters. The summed E-state index contributed by atoms with van der Waals surface area (Å²) in [4.78, 5) is 2.70. The van der Waals surface area contributed by atoms with Crippen molar-refractivity contribution in [1.29, 1.82) is 0 Å². The second-order valence-corrected chi connectivity index (χ2v) is 3.66. The van der Waals surface area contributed by atoms with Crippen molar-refractivity contribution in [3.63, 3.8) is 0 Å². The van der Waals surface area contributed by atoms with Crippen LogP contribution in [0.25, 0.3) is 10.4 Å². The van der Waals surface area contributed by atoms with Gasteiger partial charge in [-0.15, -0.1) is 0 Å². The highest BCUT2D eigenvalue weighted by molar-refractivity contribution is 4.54.